The molecule has 0 amide bonds. The zero-order valence-electron chi connectivity index (χ0n) is 17.1. The maximum Gasteiger partial charge on any atom is 0.169 e. The quantitative estimate of drug-likeness (QED) is 0.328. The van der Waals surface area contributed by atoms with E-state index in [1.165, 1.54) is 11.3 Å². The normalized spacial score (nSPS) is 11.4. The van der Waals surface area contributed by atoms with Gasteiger partial charge in [0.25, 0.3) is 0 Å². The Labute approximate surface area is 187 Å². The van der Waals surface area contributed by atoms with Crippen LogP contribution in [0.4, 0.5) is 0 Å². The number of H-pyrrole nitrogens is 2. The summed E-state index contributed by atoms with van der Waals surface area (Å²) in [5.74, 6) is 0.0769. The minimum atomic E-state index is 0.0769. The van der Waals surface area contributed by atoms with Gasteiger partial charge in [-0.05, 0) is 55.5 Å². The van der Waals surface area contributed by atoms with Gasteiger partial charge in [-0.15, -0.1) is 11.3 Å². The van der Waals surface area contributed by atoms with Crippen LogP contribution in [-0.2, 0) is 0 Å². The van der Waals surface area contributed by atoms with Crippen molar-refractivity contribution in [3.8, 4) is 33.1 Å². The summed E-state index contributed by atoms with van der Waals surface area (Å²) >= 11 is 1.50. The number of hydrogen-bond donors (Lipinski definition) is 2. The largest absolute Gasteiger partial charge is 0.338 e. The van der Waals surface area contributed by atoms with Crippen molar-refractivity contribution in [2.75, 3.05) is 0 Å². The average molecular weight is 436 g/mol. The Balaban J connectivity index is 1.49. The molecule has 154 valence electrons. The zero-order valence-corrected chi connectivity index (χ0v) is 17.9. The molecule has 32 heavy (non-hydrogen) atoms. The highest BCUT2D eigenvalue weighted by molar-refractivity contribution is 7.17. The van der Waals surface area contributed by atoms with Crippen LogP contribution < -0.4 is 0 Å². The van der Waals surface area contributed by atoms with E-state index in [-0.39, 0.29) is 5.78 Å². The Morgan fingerprint density at radius 2 is 1.88 bits per heavy atom. The molecule has 7 heteroatoms. The van der Waals surface area contributed by atoms with Crippen molar-refractivity contribution in [2.45, 2.75) is 6.92 Å². The van der Waals surface area contributed by atoms with Gasteiger partial charge in [-0.1, -0.05) is 12.1 Å². The first-order valence-corrected chi connectivity index (χ1v) is 11.0. The summed E-state index contributed by atoms with van der Waals surface area (Å²) in [7, 11) is 0. The molecule has 0 fully saturated rings. The molecule has 0 saturated carbocycles. The van der Waals surface area contributed by atoms with E-state index >= 15 is 0 Å². The highest BCUT2D eigenvalue weighted by Gasteiger charge is 2.16. The van der Waals surface area contributed by atoms with Crippen LogP contribution in [0.2, 0.25) is 0 Å². The summed E-state index contributed by atoms with van der Waals surface area (Å²) in [5.41, 5.74) is 6.45. The molecule has 6 rings (SSSR count). The number of aromatic nitrogens is 5. The Morgan fingerprint density at radius 1 is 0.938 bits per heavy atom. The molecule has 0 unspecified atom stereocenters. The second kappa shape index (κ2) is 7.25. The number of aromatic amines is 2. The number of nitrogens with one attached hydrogen (secondary N) is 2. The van der Waals surface area contributed by atoms with E-state index in [1.807, 2.05) is 48.5 Å². The van der Waals surface area contributed by atoms with Gasteiger partial charge < -0.3 is 4.98 Å². The monoisotopic (exact) mass is 435 g/mol. The van der Waals surface area contributed by atoms with Crippen LogP contribution in [0.1, 0.15) is 16.6 Å². The number of rotatable bonds is 4. The number of carbonyl (C=O) groups excluding carboxylic acids is 1. The van der Waals surface area contributed by atoms with Crippen LogP contribution in [0.5, 0.6) is 0 Å². The average Bonchev–Trinajstić information content (AvgIpc) is 3.56. The molecule has 0 aliphatic rings. The Morgan fingerprint density at radius 3 is 2.69 bits per heavy atom. The number of hydrogen-bond acceptors (Lipinski definition) is 5. The lowest BCUT2D eigenvalue weighted by Gasteiger charge is -2.01. The molecule has 0 spiro atoms. The Bertz CT molecular complexity index is 1610. The minimum absolute atomic E-state index is 0.0769. The second-order valence-corrected chi connectivity index (χ2v) is 8.66. The zero-order chi connectivity index (χ0) is 21.7. The number of fused-ring (bicyclic) bond motifs is 2. The minimum Gasteiger partial charge on any atom is -0.338 e. The highest BCUT2D eigenvalue weighted by atomic mass is 32.1. The summed E-state index contributed by atoms with van der Waals surface area (Å²) < 4.78 is 0. The molecule has 0 bridgehead atoms. The van der Waals surface area contributed by atoms with E-state index < -0.39 is 0 Å². The standard InChI is InChI=1S/C25H17N5OS/c1-14(31)22-7-8-23(32-22)16-9-11-27-25-17(16)13-21(28-25)24-18-12-15(5-6-20(18)29-30-24)19-4-2-3-10-26-19/h2-13H,1H3,(H,27,28)(H,29,30). The number of Topliss-reactive ketones (excluding diaryl/α,β-unsaturated/α-hetero) is 1. The molecule has 5 heterocycles. The Kier molecular flexibility index (Phi) is 4.22. The summed E-state index contributed by atoms with van der Waals surface area (Å²) in [6.45, 7) is 1.59. The van der Waals surface area contributed by atoms with Crippen LogP contribution in [-0.4, -0.2) is 30.9 Å². The molecular formula is C25H17N5OS. The Hall–Kier alpha value is -4.10. The molecule has 6 nitrogen and oxygen atoms in total. The fourth-order valence-electron chi connectivity index (χ4n) is 3.95. The number of carbonyl (C=O) groups is 1. The van der Waals surface area contributed by atoms with Gasteiger partial charge in [-0.25, -0.2) is 4.98 Å². The van der Waals surface area contributed by atoms with Crippen molar-refractivity contribution in [3.05, 3.63) is 77.9 Å². The van der Waals surface area contributed by atoms with E-state index in [0.29, 0.717) is 0 Å². The fourth-order valence-corrected chi connectivity index (χ4v) is 4.89. The summed E-state index contributed by atoms with van der Waals surface area (Å²) in [5, 5.41) is 9.71. The van der Waals surface area contributed by atoms with Crippen molar-refractivity contribution in [3.63, 3.8) is 0 Å². The number of thiophene rings is 1. The summed E-state index contributed by atoms with van der Waals surface area (Å²) in [6, 6.07) is 20.0. The maximum atomic E-state index is 11.7. The van der Waals surface area contributed by atoms with Crippen LogP contribution in [0.3, 0.4) is 0 Å². The molecule has 0 saturated heterocycles. The van der Waals surface area contributed by atoms with Crippen molar-refractivity contribution in [2.24, 2.45) is 0 Å². The van der Waals surface area contributed by atoms with E-state index in [1.54, 1.807) is 19.3 Å². The van der Waals surface area contributed by atoms with Crippen molar-refractivity contribution in [1.29, 1.82) is 0 Å². The van der Waals surface area contributed by atoms with Crippen LogP contribution in [0.25, 0.3) is 55.0 Å². The molecular weight excluding hydrogens is 418 g/mol. The molecule has 0 aliphatic heterocycles. The third kappa shape index (κ3) is 3.02. The smallest absolute Gasteiger partial charge is 0.169 e. The molecule has 1 aromatic carbocycles. The number of benzene rings is 1. The van der Waals surface area contributed by atoms with Crippen LogP contribution in [0, 0.1) is 0 Å². The summed E-state index contributed by atoms with van der Waals surface area (Å²) in [4.78, 5) is 25.9. The van der Waals surface area contributed by atoms with E-state index in [9.17, 15) is 4.79 Å². The van der Waals surface area contributed by atoms with E-state index in [0.717, 1.165) is 59.9 Å². The van der Waals surface area contributed by atoms with Crippen molar-refractivity contribution >= 4 is 39.1 Å². The first kappa shape index (κ1) is 18.7. The molecule has 5 aromatic heterocycles. The molecule has 0 atom stereocenters. The van der Waals surface area contributed by atoms with Gasteiger partial charge in [0.2, 0.25) is 0 Å². The van der Waals surface area contributed by atoms with Gasteiger partial charge in [0, 0.05) is 39.2 Å². The lowest BCUT2D eigenvalue weighted by molar-refractivity contribution is 0.102. The topological polar surface area (TPSA) is 87.3 Å². The van der Waals surface area contributed by atoms with Gasteiger partial charge >= 0.3 is 0 Å². The molecule has 6 aromatic rings. The lowest BCUT2D eigenvalue weighted by atomic mass is 10.1. The lowest BCUT2D eigenvalue weighted by Crippen LogP contribution is -1.83. The molecule has 2 N–H and O–H groups in total. The van der Waals surface area contributed by atoms with Crippen LogP contribution in [0.15, 0.2) is 73.1 Å². The first-order chi connectivity index (χ1) is 15.7. The first-order valence-electron chi connectivity index (χ1n) is 10.2. The SMILES string of the molecule is CC(=O)c1ccc(-c2ccnc3[nH]c(-c4n[nH]c5ccc(-c6ccccn6)cc45)cc23)s1. The van der Waals surface area contributed by atoms with Gasteiger partial charge in [-0.2, -0.15) is 5.10 Å². The third-order valence-electron chi connectivity index (χ3n) is 5.53. The van der Waals surface area contributed by atoms with Crippen molar-refractivity contribution < 1.29 is 4.79 Å². The fraction of sp³-hybridized carbons (Fsp3) is 0.0400. The predicted molar refractivity (Wildman–Crippen MR) is 128 cm³/mol. The van der Waals surface area contributed by atoms with E-state index in [2.05, 4.69) is 37.3 Å². The number of nitrogens with zero attached hydrogens (tertiary/aromatic N) is 3. The maximum absolute atomic E-state index is 11.7. The van der Waals surface area contributed by atoms with Gasteiger partial charge in [0.05, 0.1) is 21.8 Å². The van der Waals surface area contributed by atoms with Crippen LogP contribution >= 0.6 is 11.3 Å². The highest BCUT2D eigenvalue weighted by Crippen LogP contribution is 2.36. The molecule has 0 radical (unpaired) electrons. The predicted octanol–water partition coefficient (Wildman–Crippen LogP) is 6.10. The van der Waals surface area contributed by atoms with Crippen molar-refractivity contribution in [1.82, 2.24) is 25.1 Å². The van der Waals surface area contributed by atoms with Gasteiger partial charge in [0.15, 0.2) is 5.78 Å². The third-order valence-corrected chi connectivity index (χ3v) is 6.75. The number of pyridine rings is 2. The van der Waals surface area contributed by atoms with Gasteiger partial charge in [-0.3, -0.25) is 14.9 Å². The summed E-state index contributed by atoms with van der Waals surface area (Å²) in [6.07, 6.45) is 3.58. The number of ketones is 1. The second-order valence-electron chi connectivity index (χ2n) is 7.57. The van der Waals surface area contributed by atoms with Gasteiger partial charge in [0.1, 0.15) is 11.3 Å². The van der Waals surface area contributed by atoms with E-state index in [4.69, 9.17) is 0 Å². The molecule has 0 aliphatic carbocycles.